The van der Waals surface area contributed by atoms with Crippen LogP contribution in [-0.2, 0) is 26.8 Å². The zero-order valence-electron chi connectivity index (χ0n) is 17.2. The van der Waals surface area contributed by atoms with Gasteiger partial charge in [0, 0.05) is 37.0 Å². The summed E-state index contributed by atoms with van der Waals surface area (Å²) in [6.45, 7) is 8.28. The van der Waals surface area contributed by atoms with Crippen molar-refractivity contribution in [3.05, 3.63) is 45.9 Å². The van der Waals surface area contributed by atoms with Gasteiger partial charge in [-0.05, 0) is 30.5 Å². The van der Waals surface area contributed by atoms with E-state index in [0.717, 1.165) is 28.4 Å². The molecule has 1 aliphatic heterocycles. The average molecular weight is 403 g/mol. The molecule has 28 heavy (non-hydrogen) atoms. The van der Waals surface area contributed by atoms with E-state index in [-0.39, 0.29) is 11.3 Å². The van der Waals surface area contributed by atoms with Crippen LogP contribution in [0.25, 0.3) is 0 Å². The summed E-state index contributed by atoms with van der Waals surface area (Å²) in [4.78, 5) is 17.9. The summed E-state index contributed by atoms with van der Waals surface area (Å²) in [5.74, 6) is 0.873. The first-order chi connectivity index (χ1) is 13.3. The molecule has 0 radical (unpaired) electrons. The van der Waals surface area contributed by atoms with Gasteiger partial charge in [-0.3, -0.25) is 4.79 Å². The summed E-state index contributed by atoms with van der Waals surface area (Å²) in [6, 6.07) is 7.84. The van der Waals surface area contributed by atoms with Crippen molar-refractivity contribution in [3.8, 4) is 5.75 Å². The van der Waals surface area contributed by atoms with Gasteiger partial charge in [-0.25, -0.2) is 4.98 Å². The Balaban J connectivity index is 1.67. The molecule has 0 unspecified atom stereocenters. The number of benzene rings is 1. The lowest BCUT2D eigenvalue weighted by Crippen LogP contribution is -2.48. The summed E-state index contributed by atoms with van der Waals surface area (Å²) in [5, 5.41) is 6.34. The number of hydrogen-bond acceptors (Lipinski definition) is 5. The molecule has 1 aliphatic rings. The Labute approximate surface area is 171 Å². The standard InChI is InChI=1S/C22H30N2O3S/c1-21(2,3)18-15-28-19(24-18)9-12-23-20(25)22(10-13-27-14-11-22)16-5-7-17(26-4)8-6-16/h5-8,15H,9-14H2,1-4H3,(H,23,25). The third kappa shape index (κ3) is 4.55. The Bertz CT molecular complexity index is 787. The number of rotatable bonds is 6. The molecular formula is C22H30N2O3S. The zero-order valence-corrected chi connectivity index (χ0v) is 18.0. The number of carbonyl (C=O) groups excluding carboxylic acids is 1. The highest BCUT2D eigenvalue weighted by Crippen LogP contribution is 2.36. The molecule has 5 nitrogen and oxygen atoms in total. The maximum atomic E-state index is 13.2. The van der Waals surface area contributed by atoms with E-state index in [1.807, 2.05) is 24.3 Å². The molecule has 0 bridgehead atoms. The van der Waals surface area contributed by atoms with Gasteiger partial charge in [0.1, 0.15) is 5.75 Å². The van der Waals surface area contributed by atoms with Crippen LogP contribution in [0.4, 0.5) is 0 Å². The number of amides is 1. The van der Waals surface area contributed by atoms with Crippen LogP contribution in [0.5, 0.6) is 5.75 Å². The number of aromatic nitrogens is 1. The summed E-state index contributed by atoms with van der Waals surface area (Å²) in [7, 11) is 1.65. The average Bonchev–Trinajstić information content (AvgIpc) is 3.18. The molecule has 1 saturated heterocycles. The fourth-order valence-electron chi connectivity index (χ4n) is 3.50. The SMILES string of the molecule is COc1ccc(C2(C(=O)NCCc3nc(C(C)(C)C)cs3)CCOCC2)cc1. The van der Waals surface area contributed by atoms with E-state index in [4.69, 9.17) is 14.5 Å². The first-order valence-corrected chi connectivity index (χ1v) is 10.7. The van der Waals surface area contributed by atoms with E-state index in [1.165, 1.54) is 0 Å². The van der Waals surface area contributed by atoms with Crippen LogP contribution in [0, 0.1) is 0 Å². The third-order valence-electron chi connectivity index (χ3n) is 5.37. The first kappa shape index (κ1) is 20.8. The summed E-state index contributed by atoms with van der Waals surface area (Å²) in [6.07, 6.45) is 2.13. The Morgan fingerprint density at radius 2 is 1.93 bits per heavy atom. The molecule has 2 heterocycles. The molecule has 0 atom stereocenters. The lowest BCUT2D eigenvalue weighted by Gasteiger charge is -2.36. The van der Waals surface area contributed by atoms with Gasteiger partial charge in [-0.2, -0.15) is 0 Å². The quantitative estimate of drug-likeness (QED) is 0.797. The molecule has 6 heteroatoms. The van der Waals surface area contributed by atoms with Crippen LogP contribution in [-0.4, -0.2) is 37.8 Å². The fourth-order valence-corrected chi connectivity index (χ4v) is 4.52. The monoisotopic (exact) mass is 402 g/mol. The minimum absolute atomic E-state index is 0.0541. The zero-order chi connectivity index (χ0) is 20.2. The Morgan fingerprint density at radius 1 is 1.25 bits per heavy atom. The Morgan fingerprint density at radius 3 is 2.50 bits per heavy atom. The first-order valence-electron chi connectivity index (χ1n) is 9.81. The predicted octanol–water partition coefficient (Wildman–Crippen LogP) is 3.86. The second-order valence-corrected chi connectivity index (χ2v) is 9.25. The molecule has 0 spiro atoms. The molecule has 1 fully saturated rings. The summed E-state index contributed by atoms with van der Waals surface area (Å²) < 4.78 is 10.8. The number of carbonyl (C=O) groups is 1. The Kier molecular flexibility index (Phi) is 6.40. The van der Waals surface area contributed by atoms with Crippen molar-refractivity contribution >= 4 is 17.2 Å². The number of nitrogens with one attached hydrogen (secondary N) is 1. The summed E-state index contributed by atoms with van der Waals surface area (Å²) >= 11 is 1.67. The maximum Gasteiger partial charge on any atom is 0.230 e. The van der Waals surface area contributed by atoms with Crippen LogP contribution in [0.2, 0.25) is 0 Å². The molecule has 0 aliphatic carbocycles. The van der Waals surface area contributed by atoms with Crippen LogP contribution in [0.3, 0.4) is 0 Å². The van der Waals surface area contributed by atoms with Crippen LogP contribution in [0.1, 0.15) is 49.9 Å². The topological polar surface area (TPSA) is 60.5 Å². The molecule has 2 aromatic rings. The van der Waals surface area contributed by atoms with E-state index >= 15 is 0 Å². The number of thiazole rings is 1. The predicted molar refractivity (Wildman–Crippen MR) is 112 cm³/mol. The highest BCUT2D eigenvalue weighted by molar-refractivity contribution is 7.09. The van der Waals surface area contributed by atoms with Gasteiger partial charge in [0.05, 0.1) is 23.2 Å². The van der Waals surface area contributed by atoms with E-state index in [9.17, 15) is 4.79 Å². The van der Waals surface area contributed by atoms with E-state index in [1.54, 1.807) is 18.4 Å². The molecule has 1 amide bonds. The summed E-state index contributed by atoms with van der Waals surface area (Å²) in [5.41, 5.74) is 1.65. The molecule has 1 N–H and O–H groups in total. The molecule has 152 valence electrons. The van der Waals surface area contributed by atoms with Gasteiger partial charge >= 0.3 is 0 Å². The molecule has 1 aromatic carbocycles. The largest absolute Gasteiger partial charge is 0.497 e. The second-order valence-electron chi connectivity index (χ2n) is 8.31. The number of nitrogens with zero attached hydrogens (tertiary/aromatic N) is 1. The second kappa shape index (κ2) is 8.62. The van der Waals surface area contributed by atoms with Gasteiger partial charge in [0.25, 0.3) is 0 Å². The van der Waals surface area contributed by atoms with Crippen molar-refractivity contribution in [2.75, 3.05) is 26.9 Å². The highest BCUT2D eigenvalue weighted by atomic mass is 32.1. The minimum atomic E-state index is -0.538. The van der Waals surface area contributed by atoms with Crippen molar-refractivity contribution in [2.24, 2.45) is 0 Å². The normalized spacial score (nSPS) is 16.6. The van der Waals surface area contributed by atoms with Gasteiger partial charge in [-0.1, -0.05) is 32.9 Å². The van der Waals surface area contributed by atoms with E-state index < -0.39 is 5.41 Å². The van der Waals surface area contributed by atoms with Crippen molar-refractivity contribution < 1.29 is 14.3 Å². The fraction of sp³-hybridized carbons (Fsp3) is 0.545. The number of ether oxygens (including phenoxy) is 2. The smallest absolute Gasteiger partial charge is 0.230 e. The molecular weight excluding hydrogens is 372 g/mol. The molecule has 1 aromatic heterocycles. The third-order valence-corrected chi connectivity index (χ3v) is 6.28. The minimum Gasteiger partial charge on any atom is -0.497 e. The van der Waals surface area contributed by atoms with E-state index in [0.29, 0.717) is 32.6 Å². The van der Waals surface area contributed by atoms with Crippen LogP contribution in [0.15, 0.2) is 29.6 Å². The van der Waals surface area contributed by atoms with Crippen LogP contribution >= 0.6 is 11.3 Å². The molecule has 0 saturated carbocycles. The van der Waals surface area contributed by atoms with Crippen LogP contribution < -0.4 is 10.1 Å². The highest BCUT2D eigenvalue weighted by Gasteiger charge is 2.41. The van der Waals surface area contributed by atoms with Crippen molar-refractivity contribution in [1.29, 1.82) is 0 Å². The van der Waals surface area contributed by atoms with E-state index in [2.05, 4.69) is 31.5 Å². The number of methoxy groups -OCH3 is 1. The Hall–Kier alpha value is -1.92. The van der Waals surface area contributed by atoms with Gasteiger partial charge in [0.15, 0.2) is 0 Å². The van der Waals surface area contributed by atoms with Gasteiger partial charge < -0.3 is 14.8 Å². The van der Waals surface area contributed by atoms with Crippen molar-refractivity contribution in [1.82, 2.24) is 10.3 Å². The van der Waals surface area contributed by atoms with Gasteiger partial charge in [0.2, 0.25) is 5.91 Å². The van der Waals surface area contributed by atoms with Crippen molar-refractivity contribution in [2.45, 2.75) is 50.9 Å². The van der Waals surface area contributed by atoms with Gasteiger partial charge in [-0.15, -0.1) is 11.3 Å². The number of hydrogen-bond donors (Lipinski definition) is 1. The lowest BCUT2D eigenvalue weighted by molar-refractivity contribution is -0.130. The lowest BCUT2D eigenvalue weighted by atomic mass is 9.73. The van der Waals surface area contributed by atoms with Crippen molar-refractivity contribution in [3.63, 3.8) is 0 Å². The molecule has 3 rings (SSSR count). The maximum absolute atomic E-state index is 13.2.